The number of hydrogen-bond donors (Lipinski definition) is 0. The summed E-state index contributed by atoms with van der Waals surface area (Å²) in [5.41, 5.74) is 2.78. The molecule has 5 rings (SSSR count). The summed E-state index contributed by atoms with van der Waals surface area (Å²) in [7, 11) is 0. The largest absolute Gasteiger partial charge is 0.281 e. The van der Waals surface area contributed by atoms with Crippen LogP contribution in [0.3, 0.4) is 0 Å². The monoisotopic (exact) mass is 451 g/mol. The third-order valence-electron chi connectivity index (χ3n) is 6.16. The topological polar surface area (TPSA) is 85.5 Å². The zero-order chi connectivity index (χ0) is 23.8. The Bertz CT molecular complexity index is 1460. The number of carbonyl (C=O) groups excluding carboxylic acids is 1. The maximum atomic E-state index is 14.0. The lowest BCUT2D eigenvalue weighted by Crippen LogP contribution is -2.39. The Kier molecular flexibility index (Phi) is 5.30. The van der Waals surface area contributed by atoms with Crippen LogP contribution in [-0.4, -0.2) is 15.4 Å². The summed E-state index contributed by atoms with van der Waals surface area (Å²) in [6.45, 7) is 1.82. The Morgan fingerprint density at radius 1 is 0.853 bits per heavy atom. The predicted molar refractivity (Wildman–Crippen MR) is 130 cm³/mol. The van der Waals surface area contributed by atoms with Gasteiger partial charge in [0.1, 0.15) is 0 Å². The van der Waals surface area contributed by atoms with E-state index < -0.39 is 10.8 Å². The second-order valence-electron chi connectivity index (χ2n) is 8.20. The molecule has 1 aliphatic heterocycles. The minimum absolute atomic E-state index is 0.0557. The van der Waals surface area contributed by atoms with Crippen LogP contribution < -0.4 is 10.5 Å². The van der Waals surface area contributed by atoms with Gasteiger partial charge in [0.15, 0.2) is 0 Å². The number of benzene rings is 3. The van der Waals surface area contributed by atoms with E-state index in [1.807, 2.05) is 73.7 Å². The van der Waals surface area contributed by atoms with Gasteiger partial charge >= 0.3 is 0 Å². The van der Waals surface area contributed by atoms with Gasteiger partial charge in [0.2, 0.25) is 5.91 Å². The maximum absolute atomic E-state index is 14.0. The van der Waals surface area contributed by atoms with Crippen LogP contribution in [0.15, 0.2) is 95.8 Å². The Morgan fingerprint density at radius 2 is 1.44 bits per heavy atom. The van der Waals surface area contributed by atoms with E-state index in [9.17, 15) is 19.7 Å². The predicted octanol–water partition coefficient (Wildman–Crippen LogP) is 5.25. The van der Waals surface area contributed by atoms with Gasteiger partial charge in [-0.3, -0.25) is 29.2 Å². The van der Waals surface area contributed by atoms with Gasteiger partial charge in [0.05, 0.1) is 16.2 Å². The normalized spacial score (nSPS) is 15.1. The molecule has 34 heavy (non-hydrogen) atoms. The Balaban J connectivity index is 1.83. The molecule has 1 aliphatic rings. The van der Waals surface area contributed by atoms with Crippen molar-refractivity contribution in [3.63, 3.8) is 0 Å². The highest BCUT2D eigenvalue weighted by Gasteiger charge is 2.39. The summed E-state index contributed by atoms with van der Waals surface area (Å²) in [5.74, 6) is -0.967. The molecule has 7 heteroatoms. The molecular weight excluding hydrogens is 430 g/mol. The number of nitro groups is 1. The molecule has 0 aliphatic carbocycles. The highest BCUT2D eigenvalue weighted by molar-refractivity contribution is 6.04. The van der Waals surface area contributed by atoms with Gasteiger partial charge in [-0.05, 0) is 37.3 Å². The van der Waals surface area contributed by atoms with Crippen molar-refractivity contribution in [3.05, 3.63) is 128 Å². The van der Waals surface area contributed by atoms with Gasteiger partial charge in [0, 0.05) is 41.0 Å². The van der Waals surface area contributed by atoms with E-state index >= 15 is 0 Å². The first-order valence-corrected chi connectivity index (χ1v) is 10.9. The summed E-state index contributed by atoms with van der Waals surface area (Å²) >= 11 is 0. The van der Waals surface area contributed by atoms with Crippen molar-refractivity contribution < 1.29 is 9.72 Å². The third kappa shape index (κ3) is 3.47. The van der Waals surface area contributed by atoms with Crippen LogP contribution in [-0.2, 0) is 4.79 Å². The van der Waals surface area contributed by atoms with E-state index in [1.54, 1.807) is 27.7 Å². The second kappa shape index (κ2) is 8.44. The van der Waals surface area contributed by atoms with Crippen LogP contribution in [0.25, 0.3) is 5.69 Å². The van der Waals surface area contributed by atoms with Crippen molar-refractivity contribution >= 4 is 23.0 Å². The molecule has 1 aromatic heterocycles. The third-order valence-corrected chi connectivity index (χ3v) is 6.16. The van der Waals surface area contributed by atoms with Crippen LogP contribution in [0.5, 0.6) is 0 Å². The molecule has 0 bridgehead atoms. The summed E-state index contributed by atoms with van der Waals surface area (Å²) in [6, 6.07) is 26.5. The molecule has 2 heterocycles. The quantitative estimate of drug-likeness (QED) is 0.313. The molecular formula is C27H21N3O4. The number of hydrogen-bond acceptors (Lipinski definition) is 4. The standard InChI is InChI=1S/C27H21N3O4/c1-18-16-24-26(27(32)28(18)19-10-4-2-5-11-19)22(21-14-8-9-15-23(21)30(33)34)17-25(31)29(24)20-12-6-3-7-13-20/h2-16,22H,17H2,1H3. The van der Waals surface area contributed by atoms with Gasteiger partial charge in [-0.25, -0.2) is 0 Å². The van der Waals surface area contributed by atoms with Crippen molar-refractivity contribution in [2.75, 3.05) is 4.90 Å². The Labute approximate surface area is 195 Å². The highest BCUT2D eigenvalue weighted by Crippen LogP contribution is 2.44. The van der Waals surface area contributed by atoms with E-state index in [-0.39, 0.29) is 23.6 Å². The Hall–Kier alpha value is -4.52. The van der Waals surface area contributed by atoms with Crippen molar-refractivity contribution in [1.82, 2.24) is 4.57 Å². The molecule has 168 valence electrons. The number of pyridine rings is 1. The summed E-state index contributed by atoms with van der Waals surface area (Å²) in [6.07, 6.45) is -0.0557. The fourth-order valence-corrected chi connectivity index (χ4v) is 4.72. The molecule has 1 atom stereocenters. The number of anilines is 2. The number of fused-ring (bicyclic) bond motifs is 1. The fraction of sp³-hybridized carbons (Fsp3) is 0.111. The molecule has 7 nitrogen and oxygen atoms in total. The summed E-state index contributed by atoms with van der Waals surface area (Å²) in [4.78, 5) is 40.4. The number of amides is 1. The van der Waals surface area contributed by atoms with Crippen molar-refractivity contribution in [2.45, 2.75) is 19.3 Å². The van der Waals surface area contributed by atoms with Crippen LogP contribution >= 0.6 is 0 Å². The number of para-hydroxylation sites is 3. The van der Waals surface area contributed by atoms with Crippen molar-refractivity contribution in [1.29, 1.82) is 0 Å². The van der Waals surface area contributed by atoms with Crippen LogP contribution in [0.1, 0.15) is 29.2 Å². The Morgan fingerprint density at radius 3 is 2.09 bits per heavy atom. The van der Waals surface area contributed by atoms with Gasteiger partial charge in [-0.1, -0.05) is 54.6 Å². The number of nitro benzene ring substituents is 1. The van der Waals surface area contributed by atoms with Crippen molar-refractivity contribution in [3.8, 4) is 5.69 Å². The zero-order valence-corrected chi connectivity index (χ0v) is 18.4. The molecule has 0 saturated heterocycles. The van der Waals surface area contributed by atoms with Crippen LogP contribution in [0.2, 0.25) is 0 Å². The number of aromatic nitrogens is 1. The SMILES string of the molecule is Cc1cc2c(c(=O)n1-c1ccccc1)C(c1ccccc1[N+](=O)[O-])CC(=O)N2c1ccccc1. The lowest BCUT2D eigenvalue weighted by Gasteiger charge is -2.34. The van der Waals surface area contributed by atoms with Gasteiger partial charge < -0.3 is 0 Å². The van der Waals surface area contributed by atoms with E-state index in [2.05, 4.69) is 0 Å². The molecule has 0 saturated carbocycles. The number of nitrogens with zero attached hydrogens (tertiary/aromatic N) is 3. The summed E-state index contributed by atoms with van der Waals surface area (Å²) < 4.78 is 1.60. The van der Waals surface area contributed by atoms with Gasteiger partial charge in [0.25, 0.3) is 11.2 Å². The zero-order valence-electron chi connectivity index (χ0n) is 18.4. The van der Waals surface area contributed by atoms with Crippen LogP contribution in [0, 0.1) is 17.0 Å². The molecule has 3 aromatic carbocycles. The molecule has 0 spiro atoms. The molecule has 0 N–H and O–H groups in total. The average molecular weight is 451 g/mol. The molecule has 1 amide bonds. The minimum atomic E-state index is -0.743. The molecule has 4 aromatic rings. The first-order chi connectivity index (χ1) is 16.5. The number of rotatable bonds is 4. The highest BCUT2D eigenvalue weighted by atomic mass is 16.6. The van der Waals surface area contributed by atoms with Gasteiger partial charge in [-0.2, -0.15) is 0 Å². The summed E-state index contributed by atoms with van der Waals surface area (Å²) in [5, 5.41) is 11.8. The van der Waals surface area contributed by atoms with Crippen LogP contribution in [0.4, 0.5) is 17.1 Å². The van der Waals surface area contributed by atoms with E-state index in [0.717, 1.165) is 0 Å². The lowest BCUT2D eigenvalue weighted by molar-refractivity contribution is -0.385. The average Bonchev–Trinajstić information content (AvgIpc) is 2.84. The van der Waals surface area contributed by atoms with Crippen molar-refractivity contribution in [2.24, 2.45) is 0 Å². The second-order valence-corrected chi connectivity index (χ2v) is 8.20. The lowest BCUT2D eigenvalue weighted by atomic mass is 9.83. The smallest absolute Gasteiger partial charge is 0.273 e. The van der Waals surface area contributed by atoms with E-state index in [0.29, 0.717) is 33.9 Å². The molecule has 0 fully saturated rings. The minimum Gasteiger partial charge on any atom is -0.281 e. The van der Waals surface area contributed by atoms with E-state index in [1.165, 1.54) is 6.07 Å². The molecule has 1 unspecified atom stereocenters. The first-order valence-electron chi connectivity index (χ1n) is 10.9. The molecule has 0 radical (unpaired) electrons. The van der Waals surface area contributed by atoms with Gasteiger partial charge in [-0.15, -0.1) is 0 Å². The maximum Gasteiger partial charge on any atom is 0.273 e. The fourth-order valence-electron chi connectivity index (χ4n) is 4.72. The number of aryl methyl sites for hydroxylation is 1. The number of carbonyl (C=O) groups is 1. The first kappa shape index (κ1) is 21.3. The van der Waals surface area contributed by atoms with E-state index in [4.69, 9.17) is 0 Å².